The van der Waals surface area contributed by atoms with E-state index in [0.29, 0.717) is 22.3 Å². The third-order valence-electron chi connectivity index (χ3n) is 4.66. The highest BCUT2D eigenvalue weighted by molar-refractivity contribution is 6.42. The summed E-state index contributed by atoms with van der Waals surface area (Å²) in [5, 5.41) is 18.0. The molecule has 0 fully saturated rings. The minimum Gasteiger partial charge on any atom is -0.504 e. The summed E-state index contributed by atoms with van der Waals surface area (Å²) >= 11 is 12.1. The van der Waals surface area contributed by atoms with Gasteiger partial charge in [-0.05, 0) is 49.7 Å². The molecule has 0 atom stereocenters. The summed E-state index contributed by atoms with van der Waals surface area (Å²) in [4.78, 5) is 12.5. The van der Waals surface area contributed by atoms with E-state index in [4.69, 9.17) is 27.9 Å². The van der Waals surface area contributed by atoms with Crippen LogP contribution >= 0.6 is 23.2 Å². The Morgan fingerprint density at radius 1 is 1.17 bits per heavy atom. The van der Waals surface area contributed by atoms with E-state index in [1.54, 1.807) is 28.9 Å². The molecule has 6 nitrogen and oxygen atoms in total. The second kappa shape index (κ2) is 8.76. The molecule has 2 N–H and O–H groups in total. The van der Waals surface area contributed by atoms with Gasteiger partial charge in [-0.2, -0.15) is 5.10 Å². The zero-order chi connectivity index (χ0) is 21.1. The van der Waals surface area contributed by atoms with E-state index < -0.39 is 0 Å². The van der Waals surface area contributed by atoms with Crippen LogP contribution in [0.15, 0.2) is 36.4 Å². The molecule has 0 radical (unpaired) electrons. The van der Waals surface area contributed by atoms with Gasteiger partial charge in [-0.1, -0.05) is 29.3 Å². The van der Waals surface area contributed by atoms with Crippen molar-refractivity contribution in [3.05, 3.63) is 69.0 Å². The number of carbonyl (C=O) groups is 1. The van der Waals surface area contributed by atoms with Gasteiger partial charge < -0.3 is 15.2 Å². The molecule has 0 bridgehead atoms. The average Bonchev–Trinajstić information content (AvgIpc) is 2.97. The first kappa shape index (κ1) is 21.0. The SMILES string of the molecule is COc1cc(CNC(=O)Cc2c(C)nn(-c3ccc(Cl)c(Cl)c3)c2C)ccc1O. The summed E-state index contributed by atoms with van der Waals surface area (Å²) in [6.07, 6.45) is 0.203. The number of ether oxygens (including phenoxy) is 1. The monoisotopic (exact) mass is 433 g/mol. The molecule has 0 aliphatic carbocycles. The standard InChI is InChI=1S/C21H21Cl2N3O3/c1-12-16(13(2)26(25-12)15-5-6-17(22)18(23)9-15)10-21(28)24-11-14-4-7-19(27)20(8-14)29-3/h4-9,27H,10-11H2,1-3H3,(H,24,28). The van der Waals surface area contributed by atoms with Crippen molar-refractivity contribution in [2.45, 2.75) is 26.8 Å². The summed E-state index contributed by atoms with van der Waals surface area (Å²) in [6.45, 7) is 4.11. The Hall–Kier alpha value is -2.70. The number of amides is 1. The number of benzene rings is 2. The number of nitrogens with zero attached hydrogens (tertiary/aromatic N) is 2. The smallest absolute Gasteiger partial charge is 0.224 e. The van der Waals surface area contributed by atoms with E-state index >= 15 is 0 Å². The molecular weight excluding hydrogens is 413 g/mol. The number of aromatic nitrogens is 2. The Kier molecular flexibility index (Phi) is 6.35. The lowest BCUT2D eigenvalue weighted by Gasteiger charge is -2.09. The lowest BCUT2D eigenvalue weighted by molar-refractivity contribution is -0.120. The Morgan fingerprint density at radius 2 is 1.93 bits per heavy atom. The zero-order valence-corrected chi connectivity index (χ0v) is 17.8. The molecule has 0 aliphatic rings. The van der Waals surface area contributed by atoms with Crippen molar-refractivity contribution in [1.82, 2.24) is 15.1 Å². The van der Waals surface area contributed by atoms with Crippen molar-refractivity contribution < 1.29 is 14.6 Å². The zero-order valence-electron chi connectivity index (χ0n) is 16.3. The minimum atomic E-state index is -0.128. The van der Waals surface area contributed by atoms with E-state index in [-0.39, 0.29) is 18.1 Å². The second-order valence-electron chi connectivity index (χ2n) is 6.62. The molecule has 0 spiro atoms. The van der Waals surface area contributed by atoms with Crippen LogP contribution in [0.3, 0.4) is 0 Å². The number of halogens is 2. The first-order valence-corrected chi connectivity index (χ1v) is 9.69. The van der Waals surface area contributed by atoms with E-state index in [1.807, 2.05) is 19.9 Å². The number of aryl methyl sites for hydroxylation is 1. The van der Waals surface area contributed by atoms with Gasteiger partial charge in [0.1, 0.15) is 0 Å². The first-order valence-electron chi connectivity index (χ1n) is 8.93. The van der Waals surface area contributed by atoms with E-state index in [2.05, 4.69) is 10.4 Å². The Morgan fingerprint density at radius 3 is 2.62 bits per heavy atom. The lowest BCUT2D eigenvalue weighted by atomic mass is 10.1. The van der Waals surface area contributed by atoms with Crippen LogP contribution in [0.25, 0.3) is 5.69 Å². The summed E-state index contributed by atoms with van der Waals surface area (Å²) < 4.78 is 6.84. The fraction of sp³-hybridized carbons (Fsp3) is 0.238. The van der Waals surface area contributed by atoms with Crippen molar-refractivity contribution in [3.8, 4) is 17.2 Å². The van der Waals surface area contributed by atoms with Crippen LogP contribution in [0, 0.1) is 13.8 Å². The minimum absolute atomic E-state index is 0.0588. The molecular formula is C21H21Cl2N3O3. The van der Waals surface area contributed by atoms with Gasteiger partial charge in [0.2, 0.25) is 5.91 Å². The van der Waals surface area contributed by atoms with Gasteiger partial charge in [0.05, 0.1) is 35.0 Å². The number of hydrogen-bond acceptors (Lipinski definition) is 4. The van der Waals surface area contributed by atoms with Gasteiger partial charge >= 0.3 is 0 Å². The molecule has 0 unspecified atom stereocenters. The number of phenols is 1. The number of hydrogen-bond donors (Lipinski definition) is 2. The van der Waals surface area contributed by atoms with E-state index in [9.17, 15) is 9.90 Å². The van der Waals surface area contributed by atoms with Crippen molar-refractivity contribution >= 4 is 29.1 Å². The van der Waals surface area contributed by atoms with Crippen molar-refractivity contribution in [2.24, 2.45) is 0 Å². The van der Waals surface area contributed by atoms with Crippen molar-refractivity contribution in [3.63, 3.8) is 0 Å². The number of methoxy groups -OCH3 is 1. The summed E-state index contributed by atoms with van der Waals surface area (Å²) in [5.74, 6) is 0.298. The Balaban J connectivity index is 1.72. The highest BCUT2D eigenvalue weighted by Gasteiger charge is 2.16. The van der Waals surface area contributed by atoms with Crippen LogP contribution in [-0.4, -0.2) is 27.9 Å². The maximum atomic E-state index is 12.5. The number of aromatic hydroxyl groups is 1. The average molecular weight is 434 g/mol. The predicted molar refractivity (Wildman–Crippen MR) is 113 cm³/mol. The van der Waals surface area contributed by atoms with Gasteiger partial charge in [0, 0.05) is 17.8 Å². The fourth-order valence-corrected chi connectivity index (χ4v) is 3.35. The predicted octanol–water partition coefficient (Wildman–Crippen LogP) is 4.37. The van der Waals surface area contributed by atoms with Crippen LogP contribution in [0.2, 0.25) is 10.0 Å². The molecule has 1 heterocycles. The summed E-state index contributed by atoms with van der Waals surface area (Å²) in [5.41, 5.74) is 4.10. The van der Waals surface area contributed by atoms with Gasteiger partial charge in [0.15, 0.2) is 11.5 Å². The Labute approximate surface area is 179 Å². The number of phenolic OH excluding ortho intramolecular Hbond substituents is 1. The van der Waals surface area contributed by atoms with Gasteiger partial charge in [-0.15, -0.1) is 0 Å². The molecule has 1 aromatic heterocycles. The van der Waals surface area contributed by atoms with Crippen LogP contribution in [0.5, 0.6) is 11.5 Å². The highest BCUT2D eigenvalue weighted by Crippen LogP contribution is 2.27. The molecule has 3 rings (SSSR count). The van der Waals surface area contributed by atoms with Crippen LogP contribution in [0.4, 0.5) is 0 Å². The maximum absolute atomic E-state index is 12.5. The van der Waals surface area contributed by atoms with Gasteiger partial charge in [-0.3, -0.25) is 4.79 Å². The molecule has 8 heteroatoms. The Bertz CT molecular complexity index is 1060. The van der Waals surface area contributed by atoms with E-state index in [0.717, 1.165) is 28.2 Å². The van der Waals surface area contributed by atoms with Crippen LogP contribution in [-0.2, 0) is 17.8 Å². The first-order chi connectivity index (χ1) is 13.8. The fourth-order valence-electron chi connectivity index (χ4n) is 3.05. The third-order valence-corrected chi connectivity index (χ3v) is 5.40. The van der Waals surface area contributed by atoms with Crippen LogP contribution in [0.1, 0.15) is 22.5 Å². The highest BCUT2D eigenvalue weighted by atomic mass is 35.5. The topological polar surface area (TPSA) is 76.4 Å². The molecule has 0 saturated carbocycles. The molecule has 0 saturated heterocycles. The van der Waals surface area contributed by atoms with Crippen LogP contribution < -0.4 is 10.1 Å². The molecule has 1 amide bonds. The third kappa shape index (κ3) is 4.66. The second-order valence-corrected chi connectivity index (χ2v) is 7.43. The molecule has 29 heavy (non-hydrogen) atoms. The number of nitrogens with one attached hydrogen (secondary N) is 1. The molecule has 152 valence electrons. The largest absolute Gasteiger partial charge is 0.504 e. The van der Waals surface area contributed by atoms with Crippen molar-refractivity contribution in [2.75, 3.05) is 7.11 Å². The number of carbonyl (C=O) groups excluding carboxylic acids is 1. The van der Waals surface area contributed by atoms with Gasteiger partial charge in [-0.25, -0.2) is 4.68 Å². The number of rotatable bonds is 6. The molecule has 0 aliphatic heterocycles. The van der Waals surface area contributed by atoms with E-state index in [1.165, 1.54) is 13.2 Å². The quantitative estimate of drug-likeness (QED) is 0.604. The summed E-state index contributed by atoms with van der Waals surface area (Å²) in [6, 6.07) is 10.2. The normalized spacial score (nSPS) is 10.8. The molecule has 3 aromatic rings. The maximum Gasteiger partial charge on any atom is 0.224 e. The van der Waals surface area contributed by atoms with Gasteiger partial charge in [0.25, 0.3) is 0 Å². The van der Waals surface area contributed by atoms with Crippen molar-refractivity contribution in [1.29, 1.82) is 0 Å². The summed E-state index contributed by atoms with van der Waals surface area (Å²) in [7, 11) is 1.48. The molecule has 2 aromatic carbocycles. The lowest BCUT2D eigenvalue weighted by Crippen LogP contribution is -2.25.